The van der Waals surface area contributed by atoms with Crippen LogP contribution in [0.2, 0.25) is 0 Å². The minimum Gasteiger partial charge on any atom is -0.478 e. The summed E-state index contributed by atoms with van der Waals surface area (Å²) in [5.41, 5.74) is 1.60. The third-order valence-electron chi connectivity index (χ3n) is 2.85. The number of nitrogens with one attached hydrogen (secondary N) is 1. The molecule has 0 aliphatic carbocycles. The maximum Gasteiger partial charge on any atom is 0.339 e. The van der Waals surface area contributed by atoms with E-state index in [0.717, 1.165) is 5.56 Å². The highest BCUT2D eigenvalue weighted by molar-refractivity contribution is 7.15. The molecule has 0 radical (unpaired) electrons. The van der Waals surface area contributed by atoms with Crippen LogP contribution in [0, 0.1) is 5.92 Å². The predicted octanol–water partition coefficient (Wildman–Crippen LogP) is 3.71. The van der Waals surface area contributed by atoms with Crippen molar-refractivity contribution in [1.29, 1.82) is 0 Å². The molecule has 5 heteroatoms. The molecule has 0 saturated heterocycles. The lowest BCUT2D eigenvalue weighted by molar-refractivity contribution is -0.118. The molecule has 2 aromatic rings. The number of hydrogen-bond acceptors (Lipinski definition) is 3. The first-order valence-electron chi connectivity index (χ1n) is 6.21. The van der Waals surface area contributed by atoms with Crippen LogP contribution in [-0.2, 0) is 4.79 Å². The van der Waals surface area contributed by atoms with Crippen LogP contribution in [0.25, 0.3) is 11.1 Å². The van der Waals surface area contributed by atoms with Gasteiger partial charge in [0.1, 0.15) is 10.6 Å². The number of benzene rings is 1. The molecule has 1 amide bonds. The van der Waals surface area contributed by atoms with Crippen molar-refractivity contribution in [3.8, 4) is 11.1 Å². The zero-order valence-corrected chi connectivity index (χ0v) is 12.0. The van der Waals surface area contributed by atoms with Crippen LogP contribution in [0.1, 0.15) is 24.2 Å². The lowest BCUT2D eigenvalue weighted by Gasteiger charge is -2.07. The average Bonchev–Trinajstić information content (AvgIpc) is 2.83. The molecule has 1 aromatic carbocycles. The van der Waals surface area contributed by atoms with E-state index < -0.39 is 5.97 Å². The lowest BCUT2D eigenvalue weighted by atomic mass is 10.0. The van der Waals surface area contributed by atoms with Crippen LogP contribution < -0.4 is 5.32 Å². The van der Waals surface area contributed by atoms with Gasteiger partial charge in [-0.05, 0) is 5.56 Å². The Bertz CT molecular complexity index is 632. The summed E-state index contributed by atoms with van der Waals surface area (Å²) in [4.78, 5) is 23.2. The molecule has 104 valence electrons. The molecule has 1 aromatic heterocycles. The number of carbonyl (C=O) groups is 2. The van der Waals surface area contributed by atoms with E-state index >= 15 is 0 Å². The number of aromatic carboxylic acids is 1. The molecule has 2 rings (SSSR count). The molecule has 4 nitrogen and oxygen atoms in total. The van der Waals surface area contributed by atoms with Crippen LogP contribution in [0.3, 0.4) is 0 Å². The summed E-state index contributed by atoms with van der Waals surface area (Å²) in [6, 6.07) is 9.28. The summed E-state index contributed by atoms with van der Waals surface area (Å²) in [5.74, 6) is -1.42. The van der Waals surface area contributed by atoms with E-state index in [-0.39, 0.29) is 17.4 Å². The zero-order valence-electron chi connectivity index (χ0n) is 11.2. The van der Waals surface area contributed by atoms with Gasteiger partial charge in [-0.25, -0.2) is 4.79 Å². The highest BCUT2D eigenvalue weighted by atomic mass is 32.1. The van der Waals surface area contributed by atoms with Crippen molar-refractivity contribution >= 4 is 28.2 Å². The summed E-state index contributed by atoms with van der Waals surface area (Å²) >= 11 is 1.23. The fraction of sp³-hybridized carbons (Fsp3) is 0.200. The Morgan fingerprint density at radius 1 is 1.20 bits per heavy atom. The summed E-state index contributed by atoms with van der Waals surface area (Å²) < 4.78 is 0. The lowest BCUT2D eigenvalue weighted by Crippen LogP contribution is -2.18. The number of rotatable bonds is 4. The maximum absolute atomic E-state index is 11.7. The van der Waals surface area contributed by atoms with Crippen molar-refractivity contribution < 1.29 is 14.7 Å². The number of carbonyl (C=O) groups excluding carboxylic acids is 1. The second kappa shape index (κ2) is 5.88. The van der Waals surface area contributed by atoms with Gasteiger partial charge in [0.2, 0.25) is 5.91 Å². The second-order valence-electron chi connectivity index (χ2n) is 4.67. The highest BCUT2D eigenvalue weighted by Crippen LogP contribution is 2.35. The first kappa shape index (κ1) is 14.3. The van der Waals surface area contributed by atoms with E-state index in [0.29, 0.717) is 10.6 Å². The first-order chi connectivity index (χ1) is 9.50. The molecule has 20 heavy (non-hydrogen) atoms. The summed E-state index contributed by atoms with van der Waals surface area (Å²) in [6.45, 7) is 3.53. The van der Waals surface area contributed by atoms with Gasteiger partial charge >= 0.3 is 5.97 Å². The number of hydrogen-bond donors (Lipinski definition) is 2. The normalized spacial score (nSPS) is 10.6. The SMILES string of the molecule is CC(C)C(=O)Nc1scc(-c2ccccc2)c1C(=O)O. The van der Waals surface area contributed by atoms with Crippen molar-refractivity contribution in [2.75, 3.05) is 5.32 Å². The molecule has 0 spiro atoms. The Hall–Kier alpha value is -2.14. The Balaban J connectivity index is 2.44. The third-order valence-corrected chi connectivity index (χ3v) is 3.75. The van der Waals surface area contributed by atoms with Crippen molar-refractivity contribution in [2.45, 2.75) is 13.8 Å². The summed E-state index contributed by atoms with van der Waals surface area (Å²) in [5, 5.41) is 14.2. The minimum absolute atomic E-state index is 0.148. The van der Waals surface area contributed by atoms with Gasteiger partial charge in [-0.1, -0.05) is 44.2 Å². The second-order valence-corrected chi connectivity index (χ2v) is 5.55. The molecule has 0 saturated carbocycles. The summed E-state index contributed by atoms with van der Waals surface area (Å²) in [6.07, 6.45) is 0. The Morgan fingerprint density at radius 2 is 1.85 bits per heavy atom. The Labute approximate surface area is 121 Å². The number of anilines is 1. The maximum atomic E-state index is 11.7. The van der Waals surface area contributed by atoms with Crippen LogP contribution >= 0.6 is 11.3 Å². The fourth-order valence-corrected chi connectivity index (χ4v) is 2.71. The van der Waals surface area contributed by atoms with Gasteiger partial charge in [0, 0.05) is 16.9 Å². The average molecular weight is 289 g/mol. The number of carboxylic acid groups (broad SMARTS) is 1. The minimum atomic E-state index is -1.04. The zero-order chi connectivity index (χ0) is 14.7. The monoisotopic (exact) mass is 289 g/mol. The number of thiophene rings is 1. The molecule has 0 aliphatic heterocycles. The standard InChI is InChI=1S/C15H15NO3S/c1-9(2)13(17)16-14-12(15(18)19)11(8-20-14)10-6-4-3-5-7-10/h3-9H,1-2H3,(H,16,17)(H,18,19). The van der Waals surface area contributed by atoms with Gasteiger partial charge in [0.15, 0.2) is 0 Å². The van der Waals surface area contributed by atoms with Crippen LogP contribution in [0.5, 0.6) is 0 Å². The fourth-order valence-electron chi connectivity index (χ4n) is 1.75. The third kappa shape index (κ3) is 2.88. The molecular formula is C15H15NO3S. The van der Waals surface area contributed by atoms with Gasteiger partial charge < -0.3 is 10.4 Å². The number of amides is 1. The largest absolute Gasteiger partial charge is 0.478 e. The Morgan fingerprint density at radius 3 is 2.40 bits per heavy atom. The van der Waals surface area contributed by atoms with Crippen molar-refractivity contribution in [3.05, 3.63) is 41.3 Å². The molecule has 0 bridgehead atoms. The van der Waals surface area contributed by atoms with Crippen molar-refractivity contribution in [2.24, 2.45) is 5.92 Å². The Kier molecular flexibility index (Phi) is 4.20. The van der Waals surface area contributed by atoms with E-state index in [1.54, 1.807) is 19.2 Å². The quantitative estimate of drug-likeness (QED) is 0.901. The van der Waals surface area contributed by atoms with Crippen LogP contribution in [0.4, 0.5) is 5.00 Å². The molecule has 0 atom stereocenters. The van der Waals surface area contributed by atoms with E-state index in [2.05, 4.69) is 5.32 Å². The van der Waals surface area contributed by atoms with Gasteiger partial charge in [-0.15, -0.1) is 11.3 Å². The van der Waals surface area contributed by atoms with Crippen LogP contribution in [-0.4, -0.2) is 17.0 Å². The van der Waals surface area contributed by atoms with Crippen LogP contribution in [0.15, 0.2) is 35.7 Å². The highest BCUT2D eigenvalue weighted by Gasteiger charge is 2.21. The van der Waals surface area contributed by atoms with E-state index in [1.165, 1.54) is 11.3 Å². The van der Waals surface area contributed by atoms with Gasteiger partial charge in [-0.2, -0.15) is 0 Å². The molecule has 0 unspecified atom stereocenters. The van der Waals surface area contributed by atoms with Crippen molar-refractivity contribution in [1.82, 2.24) is 0 Å². The van der Waals surface area contributed by atoms with E-state index in [4.69, 9.17) is 0 Å². The first-order valence-corrected chi connectivity index (χ1v) is 7.09. The van der Waals surface area contributed by atoms with Gasteiger partial charge in [0.25, 0.3) is 0 Å². The molecular weight excluding hydrogens is 274 g/mol. The van der Waals surface area contributed by atoms with E-state index in [9.17, 15) is 14.7 Å². The molecule has 0 fully saturated rings. The van der Waals surface area contributed by atoms with Gasteiger partial charge in [-0.3, -0.25) is 4.79 Å². The van der Waals surface area contributed by atoms with E-state index in [1.807, 2.05) is 30.3 Å². The predicted molar refractivity (Wildman–Crippen MR) is 80.2 cm³/mol. The topological polar surface area (TPSA) is 66.4 Å². The van der Waals surface area contributed by atoms with Gasteiger partial charge in [0.05, 0.1) is 0 Å². The molecule has 1 heterocycles. The summed E-state index contributed by atoms with van der Waals surface area (Å²) in [7, 11) is 0. The molecule has 0 aliphatic rings. The smallest absolute Gasteiger partial charge is 0.339 e. The van der Waals surface area contributed by atoms with Crippen molar-refractivity contribution in [3.63, 3.8) is 0 Å². The molecule has 2 N–H and O–H groups in total. The number of carboxylic acids is 1.